The van der Waals surface area contributed by atoms with Crippen LogP contribution in [0, 0.1) is 35.0 Å². The van der Waals surface area contributed by atoms with E-state index in [1.54, 1.807) is 20.8 Å². The third kappa shape index (κ3) is 13.0. The lowest BCUT2D eigenvalue weighted by Crippen LogP contribution is -2.62. The van der Waals surface area contributed by atoms with Crippen LogP contribution in [0.1, 0.15) is 100 Å². The van der Waals surface area contributed by atoms with Crippen molar-refractivity contribution >= 4 is 41.5 Å². The molecule has 5 atom stereocenters. The Bertz CT molecular complexity index is 1360. The molecule has 52 heavy (non-hydrogen) atoms. The van der Waals surface area contributed by atoms with Crippen LogP contribution in [0.4, 0.5) is 9.59 Å². The second kappa shape index (κ2) is 19.4. The zero-order valence-electron chi connectivity index (χ0n) is 32.4. The molecule has 0 radical (unpaired) electrons. The number of unbranched alkanes of at least 4 members (excludes halogenated alkanes) is 3. The number of terminal acetylenes is 1. The number of nitrogens with zero attached hydrogens (tertiary/aromatic N) is 2. The van der Waals surface area contributed by atoms with Gasteiger partial charge in [-0.3, -0.25) is 28.9 Å². The van der Waals surface area contributed by atoms with Gasteiger partial charge in [0.1, 0.15) is 12.1 Å². The van der Waals surface area contributed by atoms with Crippen molar-refractivity contribution in [3.8, 4) is 12.3 Å². The van der Waals surface area contributed by atoms with Crippen molar-refractivity contribution in [1.82, 2.24) is 36.4 Å². The van der Waals surface area contributed by atoms with Gasteiger partial charge >= 0.3 is 12.1 Å². The van der Waals surface area contributed by atoms with E-state index in [4.69, 9.17) is 6.42 Å². The third-order valence-corrected chi connectivity index (χ3v) is 9.40. The topological polar surface area (TPSA) is 186 Å². The van der Waals surface area contributed by atoms with Crippen LogP contribution in [-0.2, 0) is 24.0 Å². The van der Waals surface area contributed by atoms with Crippen molar-refractivity contribution in [2.24, 2.45) is 22.7 Å². The molecular formula is C38H61N7O7. The number of nitrogens with one attached hydrogen (secondary N) is 5. The van der Waals surface area contributed by atoms with Crippen LogP contribution < -0.4 is 26.6 Å². The van der Waals surface area contributed by atoms with Gasteiger partial charge in [-0.25, -0.2) is 9.59 Å². The van der Waals surface area contributed by atoms with Crippen LogP contribution in [0.5, 0.6) is 0 Å². The minimum absolute atomic E-state index is 0.0163. The number of carbonyl (C=O) groups excluding carboxylic acids is 7. The molecule has 1 unspecified atom stereocenters. The Morgan fingerprint density at radius 1 is 1.00 bits per heavy atom. The van der Waals surface area contributed by atoms with Gasteiger partial charge in [-0.05, 0) is 48.3 Å². The molecule has 0 spiro atoms. The molecule has 2 aliphatic heterocycles. The van der Waals surface area contributed by atoms with E-state index >= 15 is 0 Å². The average molecular weight is 728 g/mol. The second-order valence-corrected chi connectivity index (χ2v) is 16.5. The first-order chi connectivity index (χ1) is 24.2. The lowest BCUT2D eigenvalue weighted by Gasteiger charge is -2.37. The number of imide groups is 1. The largest absolute Gasteiger partial charge is 0.346 e. The Labute approximate surface area is 309 Å². The van der Waals surface area contributed by atoms with Gasteiger partial charge in [0.05, 0.1) is 25.2 Å². The molecule has 2 aliphatic rings. The molecule has 2 heterocycles. The second-order valence-electron chi connectivity index (χ2n) is 16.5. The summed E-state index contributed by atoms with van der Waals surface area (Å²) in [6.45, 7) is 18.9. The van der Waals surface area contributed by atoms with Gasteiger partial charge in [-0.2, -0.15) is 0 Å². The Hall–Kier alpha value is -4.41. The maximum absolute atomic E-state index is 14.5. The summed E-state index contributed by atoms with van der Waals surface area (Å²) in [7, 11) is 0. The Balaban J connectivity index is 2.35. The standard InChI is InChI=1S/C38H61N7O7/c1-11-13-14-15-16-17-26(30(47)33(49)39-18-12-2)41-32(48)27-20-25(19-24(3)4)22-44(27)34(50)31(38(8,9)10)43-35(51)42-28(37(5,6)7)23-45-29(46)21-40-36(45)52/h1,12,24-28,31H,2,13-23H2,3-10H3,(H,39,49)(H,40,52)(H,41,48)(H2,42,43,51)/t25-,26?,27+,28-,31-/m1/s1. The van der Waals surface area contributed by atoms with Gasteiger partial charge in [0.2, 0.25) is 23.5 Å². The lowest BCUT2D eigenvalue weighted by molar-refractivity contribution is -0.143. The zero-order chi connectivity index (χ0) is 39.4. The van der Waals surface area contributed by atoms with Crippen molar-refractivity contribution in [2.75, 3.05) is 26.2 Å². The van der Waals surface area contributed by atoms with E-state index in [1.807, 2.05) is 20.8 Å². The molecule has 290 valence electrons. The minimum Gasteiger partial charge on any atom is -0.346 e. The number of Topliss-reactive ketones (excluding diaryl/α,β-unsaturated/α-hetero) is 1. The molecule has 14 nitrogen and oxygen atoms in total. The number of likely N-dealkylation sites (tertiary alicyclic amines) is 1. The van der Waals surface area contributed by atoms with Crippen molar-refractivity contribution in [1.29, 1.82) is 0 Å². The van der Waals surface area contributed by atoms with Crippen molar-refractivity contribution in [2.45, 2.75) is 125 Å². The predicted octanol–water partition coefficient (Wildman–Crippen LogP) is 2.87. The van der Waals surface area contributed by atoms with Crippen LogP contribution in [0.25, 0.3) is 0 Å². The first-order valence-corrected chi connectivity index (χ1v) is 18.3. The highest BCUT2D eigenvalue weighted by molar-refractivity contribution is 6.38. The van der Waals surface area contributed by atoms with Crippen LogP contribution in [0.2, 0.25) is 0 Å². The molecule has 2 fully saturated rings. The summed E-state index contributed by atoms with van der Waals surface area (Å²) in [5.41, 5.74) is -1.37. The fourth-order valence-electron chi connectivity index (χ4n) is 6.46. The quantitative estimate of drug-likeness (QED) is 0.0472. The van der Waals surface area contributed by atoms with Gasteiger partial charge in [-0.1, -0.05) is 74.3 Å². The molecule has 0 bridgehead atoms. The molecule has 5 N–H and O–H groups in total. The van der Waals surface area contributed by atoms with Crippen molar-refractivity contribution < 1.29 is 33.6 Å². The first-order valence-electron chi connectivity index (χ1n) is 18.3. The summed E-state index contributed by atoms with van der Waals surface area (Å²) in [5.74, 6) is -0.173. The number of carbonyl (C=O) groups is 7. The first kappa shape index (κ1) is 43.8. The highest BCUT2D eigenvalue weighted by Crippen LogP contribution is 2.32. The Morgan fingerprint density at radius 2 is 1.67 bits per heavy atom. The number of hydrogen-bond donors (Lipinski definition) is 5. The minimum atomic E-state index is -1.11. The fourth-order valence-corrected chi connectivity index (χ4v) is 6.46. The summed E-state index contributed by atoms with van der Waals surface area (Å²) in [4.78, 5) is 95.1. The molecule has 0 aliphatic carbocycles. The molecular weight excluding hydrogens is 666 g/mol. The van der Waals surface area contributed by atoms with Gasteiger partial charge in [-0.15, -0.1) is 18.9 Å². The SMILES string of the molecule is C#CCCCCCC(NC(=O)[C@@H]1C[C@@H](CC(C)C)CN1C(=O)[C@@H](NC(=O)N[C@H](CN1C(=O)CNC1=O)C(C)(C)C)C(C)(C)C)C(=O)C(=O)NCC=C. The highest BCUT2D eigenvalue weighted by atomic mass is 16.2. The maximum Gasteiger partial charge on any atom is 0.324 e. The maximum atomic E-state index is 14.5. The highest BCUT2D eigenvalue weighted by Gasteiger charge is 2.46. The predicted molar refractivity (Wildman–Crippen MR) is 198 cm³/mol. The van der Waals surface area contributed by atoms with Crippen LogP contribution in [0.15, 0.2) is 12.7 Å². The summed E-state index contributed by atoms with van der Waals surface area (Å²) < 4.78 is 0. The third-order valence-electron chi connectivity index (χ3n) is 9.40. The number of hydrogen-bond acceptors (Lipinski definition) is 7. The fraction of sp³-hybridized carbons (Fsp3) is 0.711. The van der Waals surface area contributed by atoms with Crippen LogP contribution in [0.3, 0.4) is 0 Å². The van der Waals surface area contributed by atoms with Gasteiger partial charge in [0.25, 0.3) is 5.91 Å². The van der Waals surface area contributed by atoms with Crippen LogP contribution >= 0.6 is 0 Å². The van der Waals surface area contributed by atoms with E-state index in [0.29, 0.717) is 25.7 Å². The van der Waals surface area contributed by atoms with E-state index < -0.39 is 76.5 Å². The normalized spacial score (nSPS) is 19.3. The Morgan fingerprint density at radius 3 is 2.21 bits per heavy atom. The molecule has 0 aromatic carbocycles. The van der Waals surface area contributed by atoms with Crippen molar-refractivity contribution in [3.63, 3.8) is 0 Å². The lowest BCUT2D eigenvalue weighted by atomic mass is 9.85. The smallest absolute Gasteiger partial charge is 0.324 e. The number of rotatable bonds is 18. The molecule has 2 saturated heterocycles. The molecule has 2 rings (SSSR count). The molecule has 14 heteroatoms. The van der Waals surface area contributed by atoms with E-state index in [9.17, 15) is 33.6 Å². The van der Waals surface area contributed by atoms with E-state index in [0.717, 1.165) is 17.7 Å². The summed E-state index contributed by atoms with van der Waals surface area (Å²) >= 11 is 0. The van der Waals surface area contributed by atoms with E-state index in [-0.39, 0.29) is 44.4 Å². The summed E-state index contributed by atoms with van der Waals surface area (Å²) in [6.07, 6.45) is 10.7. The van der Waals surface area contributed by atoms with Crippen LogP contribution in [-0.4, -0.2) is 102 Å². The zero-order valence-corrected chi connectivity index (χ0v) is 32.4. The Kier molecular flexibility index (Phi) is 16.4. The van der Waals surface area contributed by atoms with Gasteiger partial charge < -0.3 is 31.5 Å². The number of ketones is 1. The van der Waals surface area contributed by atoms with Gasteiger partial charge in [0.15, 0.2) is 0 Å². The summed E-state index contributed by atoms with van der Waals surface area (Å²) in [5, 5.41) is 13.5. The molecule has 8 amide bonds. The monoisotopic (exact) mass is 727 g/mol. The van der Waals surface area contributed by atoms with Crippen molar-refractivity contribution in [3.05, 3.63) is 12.7 Å². The number of urea groups is 2. The molecule has 0 aromatic rings. The molecule has 0 aromatic heterocycles. The van der Waals surface area contributed by atoms with E-state index in [2.05, 4.69) is 52.9 Å². The molecule has 0 saturated carbocycles. The number of amides is 8. The van der Waals surface area contributed by atoms with Gasteiger partial charge in [0, 0.05) is 19.5 Å². The van der Waals surface area contributed by atoms with E-state index in [1.165, 1.54) is 11.0 Å². The average Bonchev–Trinajstić information content (AvgIpc) is 3.61. The summed E-state index contributed by atoms with van der Waals surface area (Å²) in [6, 6.07) is -4.98.